The van der Waals surface area contributed by atoms with Gasteiger partial charge in [0.1, 0.15) is 5.82 Å². The molecule has 0 saturated heterocycles. The van der Waals surface area contributed by atoms with E-state index in [0.717, 1.165) is 18.8 Å². The zero-order chi connectivity index (χ0) is 15.2. The lowest BCUT2D eigenvalue weighted by molar-refractivity contribution is 0.569. The van der Waals surface area contributed by atoms with Crippen molar-refractivity contribution >= 4 is 17.2 Å². The molecule has 2 rings (SSSR count). The molecule has 4 heteroatoms. The molecule has 21 heavy (non-hydrogen) atoms. The maximum Gasteiger partial charge on any atom is 0.128 e. The van der Waals surface area contributed by atoms with Crippen molar-refractivity contribution in [3.8, 4) is 0 Å². The van der Waals surface area contributed by atoms with Gasteiger partial charge in [-0.2, -0.15) is 0 Å². The third-order valence-electron chi connectivity index (χ3n) is 3.87. The number of hydrogen-bond donors (Lipinski definition) is 1. The van der Waals surface area contributed by atoms with E-state index in [1.165, 1.54) is 10.4 Å². The van der Waals surface area contributed by atoms with Gasteiger partial charge in [-0.1, -0.05) is 19.1 Å². The Morgan fingerprint density at radius 3 is 2.67 bits per heavy atom. The number of thiophene rings is 1. The van der Waals surface area contributed by atoms with Crippen LogP contribution in [0.3, 0.4) is 0 Å². The Bertz CT molecular complexity index is 521. The number of pyridine rings is 1. The van der Waals surface area contributed by atoms with Crippen LogP contribution in [0.5, 0.6) is 0 Å². The summed E-state index contributed by atoms with van der Waals surface area (Å²) in [7, 11) is 2.10. The standard InChI is InChI=1S/C17H25N3S/c1-5-10-18-13(2)15-8-9-17(19-12-15)20(4)14(3)16-7-6-11-21-16/h6-9,11-14,18H,5,10H2,1-4H3. The molecule has 0 fully saturated rings. The summed E-state index contributed by atoms with van der Waals surface area (Å²) in [5, 5.41) is 5.61. The summed E-state index contributed by atoms with van der Waals surface area (Å²) in [5.74, 6) is 1.02. The van der Waals surface area contributed by atoms with Gasteiger partial charge in [0.25, 0.3) is 0 Å². The number of hydrogen-bond acceptors (Lipinski definition) is 4. The van der Waals surface area contributed by atoms with Crippen molar-refractivity contribution in [3.63, 3.8) is 0 Å². The topological polar surface area (TPSA) is 28.2 Å². The van der Waals surface area contributed by atoms with Gasteiger partial charge in [0, 0.05) is 24.2 Å². The van der Waals surface area contributed by atoms with Crippen molar-refractivity contribution < 1.29 is 0 Å². The Kier molecular flexibility index (Phi) is 5.76. The molecule has 3 nitrogen and oxygen atoms in total. The second kappa shape index (κ2) is 7.57. The fraction of sp³-hybridized carbons (Fsp3) is 0.471. The Morgan fingerprint density at radius 2 is 2.10 bits per heavy atom. The SMILES string of the molecule is CCCNC(C)c1ccc(N(C)C(C)c2cccs2)nc1. The van der Waals surface area contributed by atoms with E-state index < -0.39 is 0 Å². The minimum Gasteiger partial charge on any atom is -0.352 e. The molecule has 2 aromatic rings. The van der Waals surface area contributed by atoms with Crippen LogP contribution >= 0.6 is 11.3 Å². The highest BCUT2D eigenvalue weighted by molar-refractivity contribution is 7.10. The van der Waals surface area contributed by atoms with Gasteiger partial charge in [-0.05, 0) is 49.9 Å². The first-order chi connectivity index (χ1) is 10.1. The van der Waals surface area contributed by atoms with E-state index in [4.69, 9.17) is 0 Å². The average Bonchev–Trinajstić information content (AvgIpc) is 3.05. The van der Waals surface area contributed by atoms with Gasteiger partial charge in [-0.3, -0.25) is 0 Å². The van der Waals surface area contributed by atoms with Crippen LogP contribution in [-0.4, -0.2) is 18.6 Å². The van der Waals surface area contributed by atoms with Gasteiger partial charge in [-0.25, -0.2) is 4.98 Å². The van der Waals surface area contributed by atoms with Crippen molar-refractivity contribution in [3.05, 3.63) is 46.3 Å². The molecule has 2 aromatic heterocycles. The molecule has 0 radical (unpaired) electrons. The van der Waals surface area contributed by atoms with E-state index in [9.17, 15) is 0 Å². The molecular formula is C17H25N3S. The Labute approximate surface area is 132 Å². The van der Waals surface area contributed by atoms with Crippen LogP contribution in [0, 0.1) is 0 Å². The summed E-state index contributed by atoms with van der Waals surface area (Å²) < 4.78 is 0. The van der Waals surface area contributed by atoms with Crippen LogP contribution in [0.4, 0.5) is 5.82 Å². The van der Waals surface area contributed by atoms with Gasteiger partial charge in [0.15, 0.2) is 0 Å². The number of aromatic nitrogens is 1. The van der Waals surface area contributed by atoms with Crippen LogP contribution in [-0.2, 0) is 0 Å². The number of nitrogens with zero attached hydrogens (tertiary/aromatic N) is 2. The third kappa shape index (κ3) is 4.05. The van der Waals surface area contributed by atoms with Gasteiger partial charge in [0.05, 0.1) is 6.04 Å². The van der Waals surface area contributed by atoms with E-state index >= 15 is 0 Å². The van der Waals surface area contributed by atoms with Crippen LogP contribution in [0.25, 0.3) is 0 Å². The third-order valence-corrected chi connectivity index (χ3v) is 4.91. The summed E-state index contributed by atoms with van der Waals surface area (Å²) in [6.45, 7) is 7.62. The summed E-state index contributed by atoms with van der Waals surface area (Å²) in [6.07, 6.45) is 3.14. The Balaban J connectivity index is 2.04. The summed E-state index contributed by atoms with van der Waals surface area (Å²) >= 11 is 1.79. The zero-order valence-electron chi connectivity index (χ0n) is 13.3. The number of nitrogens with one attached hydrogen (secondary N) is 1. The largest absolute Gasteiger partial charge is 0.352 e. The minimum absolute atomic E-state index is 0.346. The molecule has 2 unspecified atom stereocenters. The fourth-order valence-corrected chi connectivity index (χ4v) is 3.09. The van der Waals surface area contributed by atoms with E-state index in [2.05, 4.69) is 72.7 Å². The zero-order valence-corrected chi connectivity index (χ0v) is 14.2. The Hall–Kier alpha value is -1.39. The highest BCUT2D eigenvalue weighted by Gasteiger charge is 2.14. The lowest BCUT2D eigenvalue weighted by atomic mass is 10.1. The van der Waals surface area contributed by atoms with Crippen LogP contribution < -0.4 is 10.2 Å². The molecule has 114 valence electrons. The lowest BCUT2D eigenvalue weighted by Crippen LogP contribution is -2.22. The maximum absolute atomic E-state index is 4.63. The normalized spacial score (nSPS) is 13.9. The predicted molar refractivity (Wildman–Crippen MR) is 92.1 cm³/mol. The monoisotopic (exact) mass is 303 g/mol. The molecular weight excluding hydrogens is 278 g/mol. The molecule has 0 aliphatic heterocycles. The molecule has 0 aliphatic carbocycles. The van der Waals surface area contributed by atoms with Crippen molar-refractivity contribution in [1.82, 2.24) is 10.3 Å². The fourth-order valence-electron chi connectivity index (χ4n) is 2.26. The van der Waals surface area contributed by atoms with Crippen molar-refractivity contribution in [2.24, 2.45) is 0 Å². The molecule has 0 bridgehead atoms. The number of rotatable bonds is 7. The van der Waals surface area contributed by atoms with Crippen LogP contribution in [0.1, 0.15) is 49.7 Å². The van der Waals surface area contributed by atoms with Crippen LogP contribution in [0.15, 0.2) is 35.8 Å². The van der Waals surface area contributed by atoms with E-state index in [1.807, 2.05) is 6.20 Å². The maximum atomic E-state index is 4.63. The molecule has 0 amide bonds. The molecule has 0 aliphatic rings. The van der Waals surface area contributed by atoms with Gasteiger partial charge in [-0.15, -0.1) is 11.3 Å². The lowest BCUT2D eigenvalue weighted by Gasteiger charge is -2.25. The highest BCUT2D eigenvalue weighted by atomic mass is 32.1. The molecule has 0 spiro atoms. The van der Waals surface area contributed by atoms with Gasteiger partial charge in [0.2, 0.25) is 0 Å². The minimum atomic E-state index is 0.346. The van der Waals surface area contributed by atoms with Crippen molar-refractivity contribution in [2.45, 2.75) is 39.3 Å². The van der Waals surface area contributed by atoms with Gasteiger partial charge < -0.3 is 10.2 Å². The van der Waals surface area contributed by atoms with Crippen molar-refractivity contribution in [2.75, 3.05) is 18.5 Å². The second-order valence-electron chi connectivity index (χ2n) is 5.43. The Morgan fingerprint density at radius 1 is 1.29 bits per heavy atom. The molecule has 1 N–H and O–H groups in total. The second-order valence-corrected chi connectivity index (χ2v) is 6.41. The first-order valence-electron chi connectivity index (χ1n) is 7.59. The van der Waals surface area contributed by atoms with E-state index in [1.54, 1.807) is 11.3 Å². The molecule has 0 saturated carbocycles. The molecule has 2 heterocycles. The molecule has 2 atom stereocenters. The van der Waals surface area contributed by atoms with E-state index in [0.29, 0.717) is 12.1 Å². The number of anilines is 1. The summed E-state index contributed by atoms with van der Waals surface area (Å²) in [5.41, 5.74) is 1.24. The summed E-state index contributed by atoms with van der Waals surface area (Å²) in [6, 6.07) is 9.26. The first-order valence-corrected chi connectivity index (χ1v) is 8.47. The van der Waals surface area contributed by atoms with E-state index in [-0.39, 0.29) is 0 Å². The first kappa shape index (κ1) is 16.0. The van der Waals surface area contributed by atoms with Gasteiger partial charge >= 0.3 is 0 Å². The van der Waals surface area contributed by atoms with Crippen LogP contribution in [0.2, 0.25) is 0 Å². The predicted octanol–water partition coefficient (Wildman–Crippen LogP) is 4.40. The average molecular weight is 303 g/mol. The molecule has 0 aromatic carbocycles. The summed E-state index contributed by atoms with van der Waals surface area (Å²) in [4.78, 5) is 8.21. The smallest absolute Gasteiger partial charge is 0.128 e. The van der Waals surface area contributed by atoms with Crippen molar-refractivity contribution in [1.29, 1.82) is 0 Å². The quantitative estimate of drug-likeness (QED) is 0.821. The highest BCUT2D eigenvalue weighted by Crippen LogP contribution is 2.27.